The van der Waals surface area contributed by atoms with E-state index in [4.69, 9.17) is 31.1 Å². The van der Waals surface area contributed by atoms with Gasteiger partial charge in [0.25, 0.3) is 0 Å². The number of dihydropyridines is 1. The summed E-state index contributed by atoms with van der Waals surface area (Å²) in [6.45, 7) is 4.69. The quantitative estimate of drug-likeness (QED) is 0.115. The molecular weight excluding hydrogens is 612 g/mol. The molecule has 0 saturated heterocycles. The number of nitrogens with zero attached hydrogens (tertiary/aromatic N) is 1. The fraction of sp³-hybridized carbons (Fsp3) is 0.359. The minimum Gasteiger partial charge on any atom is -0.462 e. The summed E-state index contributed by atoms with van der Waals surface area (Å²) in [6, 6.07) is 29.4. The zero-order chi connectivity index (χ0) is 33.4. The number of allylic oxidation sites excluding steroid dienone is 1. The lowest BCUT2D eigenvalue weighted by molar-refractivity contribution is -0.140. The normalized spacial score (nSPS) is 14.5. The van der Waals surface area contributed by atoms with Crippen molar-refractivity contribution < 1.29 is 23.8 Å². The molecule has 1 atom stereocenters. The zero-order valence-corrected chi connectivity index (χ0v) is 27.9. The molecule has 4 rings (SSSR count). The van der Waals surface area contributed by atoms with Crippen LogP contribution in [0.4, 0.5) is 0 Å². The SMILES string of the molecule is CCCCCCOCC1=C(C(=O)OCCC(c2ccccc2)c2ccccc2)C(c2cccc(Cl)c2)C(C(=O)OCCC#N)=C(C)N1. The predicted octanol–water partition coefficient (Wildman–Crippen LogP) is 8.37. The lowest BCUT2D eigenvalue weighted by Gasteiger charge is -2.32. The molecule has 7 nitrogen and oxygen atoms in total. The van der Waals surface area contributed by atoms with E-state index in [1.807, 2.05) is 48.5 Å². The average Bonchev–Trinajstić information content (AvgIpc) is 3.08. The van der Waals surface area contributed by atoms with Gasteiger partial charge in [-0.3, -0.25) is 0 Å². The molecule has 1 heterocycles. The highest BCUT2D eigenvalue weighted by Crippen LogP contribution is 2.40. The van der Waals surface area contributed by atoms with Crippen LogP contribution in [0, 0.1) is 11.3 Å². The van der Waals surface area contributed by atoms with Crippen LogP contribution in [0.5, 0.6) is 0 Å². The molecule has 3 aromatic rings. The van der Waals surface area contributed by atoms with Crippen molar-refractivity contribution in [3.8, 4) is 6.07 Å². The van der Waals surface area contributed by atoms with Crippen molar-refractivity contribution >= 4 is 23.5 Å². The fourth-order valence-corrected chi connectivity index (χ4v) is 6.06. The van der Waals surface area contributed by atoms with Crippen LogP contribution in [0.15, 0.2) is 107 Å². The van der Waals surface area contributed by atoms with Gasteiger partial charge in [-0.1, -0.05) is 111 Å². The van der Waals surface area contributed by atoms with Crippen LogP contribution >= 0.6 is 11.6 Å². The predicted molar refractivity (Wildman–Crippen MR) is 184 cm³/mol. The van der Waals surface area contributed by atoms with Crippen molar-refractivity contribution in [3.63, 3.8) is 0 Å². The lowest BCUT2D eigenvalue weighted by Crippen LogP contribution is -2.35. The Morgan fingerprint density at radius 1 is 0.851 bits per heavy atom. The Balaban J connectivity index is 1.66. The zero-order valence-electron chi connectivity index (χ0n) is 27.2. The van der Waals surface area contributed by atoms with Crippen LogP contribution in [0.2, 0.25) is 5.02 Å². The molecule has 0 bridgehead atoms. The van der Waals surface area contributed by atoms with E-state index in [9.17, 15) is 9.59 Å². The second-order valence-corrected chi connectivity index (χ2v) is 11.9. The maximum absolute atomic E-state index is 14.2. The van der Waals surface area contributed by atoms with Crippen LogP contribution < -0.4 is 5.32 Å². The van der Waals surface area contributed by atoms with E-state index in [-0.39, 0.29) is 43.3 Å². The highest BCUT2D eigenvalue weighted by Gasteiger charge is 2.39. The number of nitrogens with one attached hydrogen (secondary N) is 1. The summed E-state index contributed by atoms with van der Waals surface area (Å²) >= 11 is 6.43. The maximum Gasteiger partial charge on any atom is 0.336 e. The monoisotopic (exact) mass is 654 g/mol. The molecule has 0 amide bonds. The second kappa shape index (κ2) is 18.7. The summed E-state index contributed by atoms with van der Waals surface area (Å²) in [7, 11) is 0. The largest absolute Gasteiger partial charge is 0.462 e. The van der Waals surface area contributed by atoms with Gasteiger partial charge in [0, 0.05) is 23.2 Å². The van der Waals surface area contributed by atoms with E-state index in [1.54, 1.807) is 25.1 Å². The maximum atomic E-state index is 14.2. The number of carbonyl (C=O) groups is 2. The first-order chi connectivity index (χ1) is 22.9. The highest BCUT2D eigenvalue weighted by molar-refractivity contribution is 6.30. The Labute approximate surface area is 283 Å². The molecule has 47 heavy (non-hydrogen) atoms. The van der Waals surface area contributed by atoms with Crippen molar-refractivity contribution in [2.24, 2.45) is 0 Å². The first-order valence-corrected chi connectivity index (χ1v) is 16.7. The standard InChI is InChI=1S/C39H43ClN2O5/c1-3-4-5-12-23-45-27-34-37(39(44)47-25-21-33(29-15-8-6-9-16-29)30-17-10-7-11-18-30)36(31-19-13-20-32(40)26-31)35(28(2)42-34)38(43)46-24-14-22-41/h6-11,13,15-20,26,33,36,42H,3-5,12,14,21,23-25,27H2,1-2H3. The van der Waals surface area contributed by atoms with Gasteiger partial charge in [0.15, 0.2) is 0 Å². The third kappa shape index (κ3) is 10.1. The van der Waals surface area contributed by atoms with Crippen molar-refractivity contribution in [2.45, 2.75) is 64.2 Å². The van der Waals surface area contributed by atoms with E-state index in [1.165, 1.54) is 0 Å². The van der Waals surface area contributed by atoms with E-state index in [0.717, 1.165) is 36.8 Å². The summed E-state index contributed by atoms with van der Waals surface area (Å²) in [6.07, 6.45) is 4.83. The van der Waals surface area contributed by atoms with Crippen LogP contribution in [0.25, 0.3) is 0 Å². The molecule has 1 aliphatic heterocycles. The van der Waals surface area contributed by atoms with Gasteiger partial charge < -0.3 is 19.5 Å². The first-order valence-electron chi connectivity index (χ1n) is 16.3. The molecule has 3 aromatic carbocycles. The van der Waals surface area contributed by atoms with Crippen LogP contribution in [-0.4, -0.2) is 38.4 Å². The summed E-state index contributed by atoms with van der Waals surface area (Å²) in [5, 5.41) is 12.7. The van der Waals surface area contributed by atoms with Gasteiger partial charge in [-0.15, -0.1) is 0 Å². The number of benzene rings is 3. The molecular formula is C39H43ClN2O5. The number of hydrogen-bond acceptors (Lipinski definition) is 7. The fourth-order valence-electron chi connectivity index (χ4n) is 5.86. The van der Waals surface area contributed by atoms with Gasteiger partial charge in [0.05, 0.1) is 48.5 Å². The molecule has 246 valence electrons. The van der Waals surface area contributed by atoms with Crippen molar-refractivity contribution in [3.05, 3.63) is 129 Å². The number of nitriles is 1. The van der Waals surface area contributed by atoms with Crippen LogP contribution in [0.3, 0.4) is 0 Å². The topological polar surface area (TPSA) is 97.7 Å². The third-order valence-electron chi connectivity index (χ3n) is 8.15. The van der Waals surface area contributed by atoms with Gasteiger partial charge in [-0.05, 0) is 48.6 Å². The Morgan fingerprint density at radius 3 is 2.15 bits per heavy atom. The van der Waals surface area contributed by atoms with E-state index in [2.05, 4.69) is 36.5 Å². The third-order valence-corrected chi connectivity index (χ3v) is 8.38. The minimum absolute atomic E-state index is 0.0196. The highest BCUT2D eigenvalue weighted by atomic mass is 35.5. The molecule has 0 saturated carbocycles. The Morgan fingerprint density at radius 2 is 1.51 bits per heavy atom. The van der Waals surface area contributed by atoms with Gasteiger partial charge >= 0.3 is 11.9 Å². The van der Waals surface area contributed by atoms with Crippen molar-refractivity contribution in [1.82, 2.24) is 5.32 Å². The summed E-state index contributed by atoms with van der Waals surface area (Å²) < 4.78 is 17.6. The summed E-state index contributed by atoms with van der Waals surface area (Å²) in [5.41, 5.74) is 4.50. The molecule has 0 fully saturated rings. The lowest BCUT2D eigenvalue weighted by atomic mass is 9.80. The van der Waals surface area contributed by atoms with Crippen molar-refractivity contribution in [1.29, 1.82) is 5.26 Å². The van der Waals surface area contributed by atoms with Crippen LogP contribution in [0.1, 0.15) is 80.9 Å². The number of halogens is 1. The Kier molecular flexibility index (Phi) is 14.1. The Hall–Kier alpha value is -4.38. The molecule has 1 N–H and O–H groups in total. The molecule has 8 heteroatoms. The van der Waals surface area contributed by atoms with E-state index in [0.29, 0.717) is 35.0 Å². The van der Waals surface area contributed by atoms with Crippen LogP contribution in [-0.2, 0) is 23.8 Å². The summed E-state index contributed by atoms with van der Waals surface area (Å²) in [5.74, 6) is -1.98. The van der Waals surface area contributed by atoms with E-state index >= 15 is 0 Å². The van der Waals surface area contributed by atoms with Gasteiger partial charge in [0.2, 0.25) is 0 Å². The van der Waals surface area contributed by atoms with E-state index < -0.39 is 17.9 Å². The molecule has 0 spiro atoms. The number of hydrogen-bond donors (Lipinski definition) is 1. The van der Waals surface area contributed by atoms with Gasteiger partial charge in [0.1, 0.15) is 6.61 Å². The number of ether oxygens (including phenoxy) is 3. The first kappa shape index (κ1) is 35.5. The minimum atomic E-state index is -0.824. The molecule has 1 unspecified atom stereocenters. The molecule has 1 aliphatic rings. The number of rotatable bonds is 17. The molecule has 0 aromatic heterocycles. The van der Waals surface area contributed by atoms with Gasteiger partial charge in [-0.2, -0.15) is 5.26 Å². The smallest absolute Gasteiger partial charge is 0.336 e. The van der Waals surface area contributed by atoms with Crippen molar-refractivity contribution in [2.75, 3.05) is 26.4 Å². The Bertz CT molecular complexity index is 1540. The number of unbranched alkanes of at least 4 members (excludes halogenated alkanes) is 3. The number of carbonyl (C=O) groups excluding carboxylic acids is 2. The molecule has 0 radical (unpaired) electrons. The molecule has 0 aliphatic carbocycles. The van der Waals surface area contributed by atoms with Gasteiger partial charge in [-0.25, -0.2) is 9.59 Å². The second-order valence-electron chi connectivity index (χ2n) is 11.5. The summed E-state index contributed by atoms with van der Waals surface area (Å²) in [4.78, 5) is 27.8. The number of esters is 2. The average molecular weight is 655 g/mol.